The van der Waals surface area contributed by atoms with Crippen LogP contribution in [0.15, 0.2) is 57.2 Å². The number of rotatable bonds is 6. The van der Waals surface area contributed by atoms with Gasteiger partial charge in [-0.3, -0.25) is 4.72 Å². The lowest BCUT2D eigenvalue weighted by Crippen LogP contribution is -2.27. The molecular weight excluding hydrogens is 443 g/mol. The van der Waals surface area contributed by atoms with E-state index in [2.05, 4.69) is 0 Å². The molecule has 29 heavy (non-hydrogen) atoms. The Balaban J connectivity index is 1.89. The summed E-state index contributed by atoms with van der Waals surface area (Å²) in [6.45, 7) is 0.833. The van der Waals surface area contributed by atoms with Crippen LogP contribution < -0.4 is 4.72 Å². The molecule has 8 nitrogen and oxygen atoms in total. The molecule has 1 fully saturated rings. The molecule has 1 saturated heterocycles. The molecule has 0 bridgehead atoms. The molecule has 1 aliphatic heterocycles. The largest absolute Gasteiger partial charge is 0.277 e. The Bertz CT molecular complexity index is 1230. The summed E-state index contributed by atoms with van der Waals surface area (Å²) in [7, 11) is -11.6. The summed E-state index contributed by atoms with van der Waals surface area (Å²) >= 11 is 0. The van der Waals surface area contributed by atoms with Crippen LogP contribution in [0, 0.1) is 5.82 Å². The first-order valence-corrected chi connectivity index (χ1v) is 13.4. The van der Waals surface area contributed by atoms with Crippen molar-refractivity contribution in [3.63, 3.8) is 0 Å². The maximum absolute atomic E-state index is 14.0. The third-order valence-electron chi connectivity index (χ3n) is 4.45. The van der Waals surface area contributed by atoms with Crippen molar-refractivity contribution in [1.82, 2.24) is 4.31 Å². The number of nitrogens with one attached hydrogen (secondary N) is 1. The van der Waals surface area contributed by atoms with Gasteiger partial charge < -0.3 is 0 Å². The van der Waals surface area contributed by atoms with Crippen LogP contribution >= 0.6 is 0 Å². The average Bonchev–Trinajstić information content (AvgIpc) is 3.18. The monoisotopic (exact) mass is 462 g/mol. The zero-order chi connectivity index (χ0) is 21.4. The molecule has 3 rings (SSSR count). The fraction of sp³-hybridized carbons (Fsp3) is 0.294. The highest BCUT2D eigenvalue weighted by atomic mass is 32.2. The maximum atomic E-state index is 14.0. The number of hydrogen-bond donors (Lipinski definition) is 1. The lowest BCUT2D eigenvalue weighted by Gasteiger charge is -2.16. The molecule has 2 aromatic rings. The van der Waals surface area contributed by atoms with E-state index in [0.29, 0.717) is 13.1 Å². The van der Waals surface area contributed by atoms with E-state index >= 15 is 0 Å². The summed E-state index contributed by atoms with van der Waals surface area (Å²) < 4.78 is 90.7. The van der Waals surface area contributed by atoms with E-state index in [9.17, 15) is 29.6 Å². The van der Waals surface area contributed by atoms with Crippen molar-refractivity contribution in [3.8, 4) is 0 Å². The van der Waals surface area contributed by atoms with Gasteiger partial charge in [-0.15, -0.1) is 0 Å². The molecule has 0 amide bonds. The summed E-state index contributed by atoms with van der Waals surface area (Å²) in [5.41, 5.74) is -0.526. The number of benzene rings is 2. The molecule has 2 aromatic carbocycles. The number of nitrogens with zero attached hydrogens (tertiary/aromatic N) is 1. The Morgan fingerprint density at radius 1 is 0.828 bits per heavy atom. The van der Waals surface area contributed by atoms with Crippen molar-refractivity contribution in [2.75, 3.05) is 24.1 Å². The second kappa shape index (κ2) is 7.67. The normalized spacial score (nSPS) is 16.1. The van der Waals surface area contributed by atoms with Gasteiger partial charge in [0.2, 0.25) is 10.0 Å². The molecular formula is C17H19FN2O6S3. The maximum Gasteiger partial charge on any atom is 0.261 e. The zero-order valence-corrected chi connectivity index (χ0v) is 17.8. The van der Waals surface area contributed by atoms with Gasteiger partial charge in [-0.2, -0.15) is 4.31 Å². The standard InChI is InChI=1S/C17H19FN2O6S3/c1-27(21,22)15-8-9-16(18)17(12-15)19-28(23,24)13-4-6-14(7-5-13)29(25,26)20-10-2-3-11-20/h4-9,12,19H,2-3,10-11H2,1H3. The van der Waals surface area contributed by atoms with Crippen molar-refractivity contribution >= 4 is 35.6 Å². The van der Waals surface area contributed by atoms with Gasteiger partial charge in [0.05, 0.1) is 20.4 Å². The summed E-state index contributed by atoms with van der Waals surface area (Å²) in [6.07, 6.45) is 2.46. The predicted molar refractivity (Wildman–Crippen MR) is 105 cm³/mol. The van der Waals surface area contributed by atoms with Gasteiger partial charge in [-0.1, -0.05) is 0 Å². The van der Waals surface area contributed by atoms with Crippen LogP contribution in [0.1, 0.15) is 12.8 Å². The predicted octanol–water partition coefficient (Wildman–Crippen LogP) is 1.81. The van der Waals surface area contributed by atoms with Gasteiger partial charge in [-0.25, -0.2) is 29.6 Å². The van der Waals surface area contributed by atoms with Crippen molar-refractivity contribution in [1.29, 1.82) is 0 Å². The van der Waals surface area contributed by atoms with E-state index in [1.807, 2.05) is 4.72 Å². The molecule has 0 atom stereocenters. The van der Waals surface area contributed by atoms with Crippen molar-refractivity contribution in [3.05, 3.63) is 48.3 Å². The Morgan fingerprint density at radius 3 is 1.90 bits per heavy atom. The molecule has 1 heterocycles. The average molecular weight is 463 g/mol. The Labute approximate surface area is 169 Å². The molecule has 0 radical (unpaired) electrons. The smallest absolute Gasteiger partial charge is 0.261 e. The molecule has 158 valence electrons. The quantitative estimate of drug-likeness (QED) is 0.655. The zero-order valence-electron chi connectivity index (χ0n) is 15.4. The van der Waals surface area contributed by atoms with Crippen LogP contribution in [-0.4, -0.2) is 48.9 Å². The van der Waals surface area contributed by atoms with Crippen LogP contribution in [0.3, 0.4) is 0 Å². The molecule has 0 unspecified atom stereocenters. The first-order chi connectivity index (χ1) is 13.4. The summed E-state index contributed by atoms with van der Waals surface area (Å²) in [5.74, 6) is -0.950. The highest BCUT2D eigenvalue weighted by Crippen LogP contribution is 2.25. The van der Waals surface area contributed by atoms with E-state index in [0.717, 1.165) is 49.4 Å². The second-order valence-electron chi connectivity index (χ2n) is 6.60. The summed E-state index contributed by atoms with van der Waals surface area (Å²) in [6, 6.07) is 7.30. The van der Waals surface area contributed by atoms with Crippen LogP contribution in [0.25, 0.3) is 0 Å². The second-order valence-corrected chi connectivity index (χ2v) is 12.2. The van der Waals surface area contributed by atoms with Gasteiger partial charge in [-0.05, 0) is 55.3 Å². The molecule has 0 spiro atoms. The van der Waals surface area contributed by atoms with Crippen molar-refractivity contribution < 1.29 is 29.6 Å². The summed E-state index contributed by atoms with van der Waals surface area (Å²) in [5, 5.41) is 0. The van der Waals surface area contributed by atoms with E-state index in [1.165, 1.54) is 16.4 Å². The Hall–Kier alpha value is -2.02. The molecule has 0 saturated carbocycles. The molecule has 1 N–H and O–H groups in total. The van der Waals surface area contributed by atoms with Crippen LogP contribution in [0.4, 0.5) is 10.1 Å². The SMILES string of the molecule is CS(=O)(=O)c1ccc(F)c(NS(=O)(=O)c2ccc(S(=O)(=O)N3CCCC3)cc2)c1. The van der Waals surface area contributed by atoms with E-state index in [4.69, 9.17) is 0 Å². The minimum atomic E-state index is -4.27. The molecule has 1 aliphatic rings. The number of anilines is 1. The third kappa shape index (κ3) is 4.60. The number of sulfonamides is 2. The fourth-order valence-corrected chi connectivity index (χ4v) is 6.11. The number of sulfone groups is 1. The van der Waals surface area contributed by atoms with E-state index in [1.54, 1.807) is 0 Å². The van der Waals surface area contributed by atoms with Crippen LogP contribution in [-0.2, 0) is 29.9 Å². The highest BCUT2D eigenvalue weighted by molar-refractivity contribution is 7.92. The van der Waals surface area contributed by atoms with Gasteiger partial charge in [0.15, 0.2) is 9.84 Å². The van der Waals surface area contributed by atoms with Crippen molar-refractivity contribution in [2.45, 2.75) is 27.5 Å². The summed E-state index contributed by atoms with van der Waals surface area (Å²) in [4.78, 5) is -0.575. The lowest BCUT2D eigenvalue weighted by molar-refractivity contribution is 0.477. The van der Waals surface area contributed by atoms with Gasteiger partial charge in [0.1, 0.15) is 5.82 Å². The molecule has 12 heteroatoms. The van der Waals surface area contributed by atoms with Crippen LogP contribution in [0.5, 0.6) is 0 Å². The lowest BCUT2D eigenvalue weighted by atomic mass is 10.3. The minimum absolute atomic E-state index is 0.0383. The molecule has 0 aromatic heterocycles. The Kier molecular flexibility index (Phi) is 5.73. The first-order valence-electron chi connectivity index (χ1n) is 8.54. The molecule has 0 aliphatic carbocycles. The van der Waals surface area contributed by atoms with Crippen molar-refractivity contribution in [2.24, 2.45) is 0 Å². The van der Waals surface area contributed by atoms with Gasteiger partial charge in [0.25, 0.3) is 10.0 Å². The van der Waals surface area contributed by atoms with E-state index < -0.39 is 41.4 Å². The highest BCUT2D eigenvalue weighted by Gasteiger charge is 2.27. The number of halogens is 1. The van der Waals surface area contributed by atoms with Crippen LogP contribution in [0.2, 0.25) is 0 Å². The fourth-order valence-electron chi connectivity index (χ4n) is 2.89. The Morgan fingerprint density at radius 2 is 1.34 bits per heavy atom. The van der Waals surface area contributed by atoms with E-state index in [-0.39, 0.29) is 14.7 Å². The van der Waals surface area contributed by atoms with Gasteiger partial charge in [0, 0.05) is 19.3 Å². The third-order valence-corrected chi connectivity index (χ3v) is 8.85. The first kappa shape index (κ1) is 21.7. The minimum Gasteiger partial charge on any atom is -0.277 e. The number of hydrogen-bond acceptors (Lipinski definition) is 6. The van der Waals surface area contributed by atoms with Gasteiger partial charge >= 0.3 is 0 Å². The topological polar surface area (TPSA) is 118 Å².